The maximum atomic E-state index is 10.5. The highest BCUT2D eigenvalue weighted by atomic mass is 16.6. The first kappa shape index (κ1) is 10.7. The molecule has 0 aromatic carbocycles. The Balaban J connectivity index is 3.66. The average Bonchev–Trinajstić information content (AvgIpc) is 2.11. The second-order valence-corrected chi connectivity index (χ2v) is 1.91. The Labute approximate surface area is 71.4 Å². The lowest BCUT2D eigenvalue weighted by Gasteiger charge is -2.07. The maximum absolute atomic E-state index is 10.5. The van der Waals surface area contributed by atoms with Gasteiger partial charge < -0.3 is 9.47 Å². The molecule has 0 heterocycles. The van der Waals surface area contributed by atoms with Crippen LogP contribution in [-0.2, 0) is 14.3 Å². The van der Waals surface area contributed by atoms with Gasteiger partial charge in [0.2, 0.25) is 0 Å². The molecule has 1 unspecified atom stereocenters. The SMILES string of the molecule is C=CC(=O)OCC(C#N)OCC. The highest BCUT2D eigenvalue weighted by Crippen LogP contribution is 1.92. The first-order chi connectivity index (χ1) is 5.74. The monoisotopic (exact) mass is 169 g/mol. The molecule has 0 saturated heterocycles. The third kappa shape index (κ3) is 4.47. The van der Waals surface area contributed by atoms with Gasteiger partial charge in [0.25, 0.3) is 0 Å². The van der Waals surface area contributed by atoms with Crippen molar-refractivity contribution < 1.29 is 14.3 Å². The third-order valence-corrected chi connectivity index (χ3v) is 1.06. The van der Waals surface area contributed by atoms with Crippen molar-refractivity contribution in [3.63, 3.8) is 0 Å². The van der Waals surface area contributed by atoms with Crippen LogP contribution in [0.1, 0.15) is 6.92 Å². The summed E-state index contributed by atoms with van der Waals surface area (Å²) in [6.07, 6.45) is 0.360. The number of rotatable bonds is 5. The fourth-order valence-corrected chi connectivity index (χ4v) is 0.541. The minimum absolute atomic E-state index is 0.0464. The molecule has 66 valence electrons. The van der Waals surface area contributed by atoms with Crippen LogP contribution < -0.4 is 0 Å². The van der Waals surface area contributed by atoms with Gasteiger partial charge in [0.15, 0.2) is 6.10 Å². The molecule has 0 fully saturated rings. The second-order valence-electron chi connectivity index (χ2n) is 1.91. The number of hydrogen-bond acceptors (Lipinski definition) is 4. The molecule has 0 saturated carbocycles. The Morgan fingerprint density at radius 2 is 2.50 bits per heavy atom. The predicted octanol–water partition coefficient (Wildman–Crippen LogP) is 0.644. The first-order valence-electron chi connectivity index (χ1n) is 3.55. The molecule has 0 aliphatic rings. The summed E-state index contributed by atoms with van der Waals surface area (Å²) >= 11 is 0. The maximum Gasteiger partial charge on any atom is 0.330 e. The molecule has 12 heavy (non-hydrogen) atoms. The summed E-state index contributed by atoms with van der Waals surface area (Å²) in [4.78, 5) is 10.5. The van der Waals surface area contributed by atoms with Crippen molar-refractivity contribution in [2.75, 3.05) is 13.2 Å². The van der Waals surface area contributed by atoms with Gasteiger partial charge in [0.1, 0.15) is 6.61 Å². The van der Waals surface area contributed by atoms with Gasteiger partial charge in [-0.05, 0) is 6.92 Å². The fraction of sp³-hybridized carbons (Fsp3) is 0.500. The molecule has 0 aliphatic heterocycles. The molecule has 0 bridgehead atoms. The lowest BCUT2D eigenvalue weighted by molar-refractivity contribution is -0.140. The van der Waals surface area contributed by atoms with Gasteiger partial charge in [0, 0.05) is 12.7 Å². The molecule has 0 aromatic rings. The van der Waals surface area contributed by atoms with E-state index < -0.39 is 12.1 Å². The average molecular weight is 169 g/mol. The Kier molecular flexibility index (Phi) is 5.66. The topological polar surface area (TPSA) is 59.3 Å². The van der Waals surface area contributed by atoms with Gasteiger partial charge in [-0.2, -0.15) is 5.26 Å². The van der Waals surface area contributed by atoms with E-state index >= 15 is 0 Å². The molecule has 0 rings (SSSR count). The molecule has 0 amide bonds. The minimum atomic E-state index is -0.682. The van der Waals surface area contributed by atoms with Crippen LogP contribution in [0.2, 0.25) is 0 Å². The largest absolute Gasteiger partial charge is 0.459 e. The zero-order chi connectivity index (χ0) is 9.40. The quantitative estimate of drug-likeness (QED) is 0.447. The van der Waals surface area contributed by atoms with Crippen molar-refractivity contribution in [3.05, 3.63) is 12.7 Å². The van der Waals surface area contributed by atoms with Crippen LogP contribution in [0.3, 0.4) is 0 Å². The van der Waals surface area contributed by atoms with Crippen molar-refractivity contribution in [1.29, 1.82) is 5.26 Å². The van der Waals surface area contributed by atoms with Crippen molar-refractivity contribution in [3.8, 4) is 6.07 Å². The van der Waals surface area contributed by atoms with Crippen LogP contribution in [0.15, 0.2) is 12.7 Å². The molecule has 0 aromatic heterocycles. The lowest BCUT2D eigenvalue weighted by Crippen LogP contribution is -2.19. The minimum Gasteiger partial charge on any atom is -0.459 e. The zero-order valence-corrected chi connectivity index (χ0v) is 6.95. The number of hydrogen-bond donors (Lipinski definition) is 0. The van der Waals surface area contributed by atoms with Crippen molar-refractivity contribution >= 4 is 5.97 Å². The fourth-order valence-electron chi connectivity index (χ4n) is 0.541. The highest BCUT2D eigenvalue weighted by Gasteiger charge is 2.08. The Hall–Kier alpha value is -1.34. The summed E-state index contributed by atoms with van der Waals surface area (Å²) in [5.41, 5.74) is 0. The Morgan fingerprint density at radius 3 is 2.92 bits per heavy atom. The molecule has 1 atom stereocenters. The zero-order valence-electron chi connectivity index (χ0n) is 6.95. The van der Waals surface area contributed by atoms with E-state index in [9.17, 15) is 4.79 Å². The first-order valence-corrected chi connectivity index (χ1v) is 3.55. The second kappa shape index (κ2) is 6.38. The van der Waals surface area contributed by atoms with Crippen LogP contribution in [-0.4, -0.2) is 25.3 Å². The molecule has 0 N–H and O–H groups in total. The summed E-state index contributed by atoms with van der Waals surface area (Å²) in [5, 5.41) is 8.45. The predicted molar refractivity (Wildman–Crippen MR) is 42.2 cm³/mol. The van der Waals surface area contributed by atoms with Gasteiger partial charge >= 0.3 is 5.97 Å². The number of esters is 1. The van der Waals surface area contributed by atoms with Gasteiger partial charge in [-0.15, -0.1) is 0 Å². The van der Waals surface area contributed by atoms with Crippen LogP contribution in [0.4, 0.5) is 0 Å². The van der Waals surface area contributed by atoms with E-state index in [4.69, 9.17) is 10.00 Å². The van der Waals surface area contributed by atoms with Crippen LogP contribution in [0, 0.1) is 11.3 Å². The molecule has 4 nitrogen and oxygen atoms in total. The van der Waals surface area contributed by atoms with E-state index in [1.54, 1.807) is 6.92 Å². The Bertz CT molecular complexity index is 195. The molecule has 4 heteroatoms. The highest BCUT2D eigenvalue weighted by molar-refractivity contribution is 5.81. The number of carbonyl (C=O) groups is 1. The van der Waals surface area contributed by atoms with E-state index in [-0.39, 0.29) is 6.61 Å². The van der Waals surface area contributed by atoms with E-state index in [1.807, 2.05) is 6.07 Å². The lowest BCUT2D eigenvalue weighted by atomic mass is 10.4. The molecular formula is C8H11NO3. The van der Waals surface area contributed by atoms with Crippen LogP contribution in [0.25, 0.3) is 0 Å². The molecular weight excluding hydrogens is 158 g/mol. The van der Waals surface area contributed by atoms with Gasteiger partial charge in [-0.1, -0.05) is 6.58 Å². The number of carbonyl (C=O) groups excluding carboxylic acids is 1. The van der Waals surface area contributed by atoms with Gasteiger partial charge in [0.05, 0.1) is 6.07 Å². The van der Waals surface area contributed by atoms with Crippen molar-refractivity contribution in [2.24, 2.45) is 0 Å². The number of nitrogens with zero attached hydrogens (tertiary/aromatic N) is 1. The van der Waals surface area contributed by atoms with E-state index in [0.717, 1.165) is 6.08 Å². The van der Waals surface area contributed by atoms with Crippen molar-refractivity contribution in [1.82, 2.24) is 0 Å². The van der Waals surface area contributed by atoms with Gasteiger partial charge in [-0.25, -0.2) is 4.79 Å². The molecule has 0 radical (unpaired) electrons. The summed E-state index contributed by atoms with van der Waals surface area (Å²) in [6, 6.07) is 1.85. The molecule has 0 spiro atoms. The van der Waals surface area contributed by atoms with Crippen molar-refractivity contribution in [2.45, 2.75) is 13.0 Å². The Morgan fingerprint density at radius 1 is 1.83 bits per heavy atom. The standard InChI is InChI=1S/C8H11NO3/c1-3-8(10)12-6-7(5-9)11-4-2/h3,7H,1,4,6H2,2H3. The number of nitriles is 1. The number of ether oxygens (including phenoxy) is 2. The van der Waals surface area contributed by atoms with Crippen LogP contribution in [0.5, 0.6) is 0 Å². The summed E-state index contributed by atoms with van der Waals surface area (Å²) in [6.45, 7) is 5.35. The molecule has 0 aliphatic carbocycles. The summed E-state index contributed by atoms with van der Waals surface area (Å²) in [7, 11) is 0. The van der Waals surface area contributed by atoms with E-state index in [0.29, 0.717) is 6.61 Å². The normalized spacial score (nSPS) is 11.3. The summed E-state index contributed by atoms with van der Waals surface area (Å²) < 4.78 is 9.51. The summed E-state index contributed by atoms with van der Waals surface area (Å²) in [5.74, 6) is -0.546. The van der Waals surface area contributed by atoms with Gasteiger partial charge in [-0.3, -0.25) is 0 Å². The van der Waals surface area contributed by atoms with E-state index in [1.165, 1.54) is 0 Å². The van der Waals surface area contributed by atoms with Crippen LogP contribution >= 0.6 is 0 Å². The smallest absolute Gasteiger partial charge is 0.330 e. The third-order valence-electron chi connectivity index (χ3n) is 1.06. The van der Waals surface area contributed by atoms with E-state index in [2.05, 4.69) is 11.3 Å².